The first-order valence-electron chi connectivity index (χ1n) is 12.4. The summed E-state index contributed by atoms with van der Waals surface area (Å²) in [5.74, 6) is 4.58. The van der Waals surface area contributed by atoms with Crippen LogP contribution < -0.4 is 14.8 Å². The Bertz CT molecular complexity index is 893. The van der Waals surface area contributed by atoms with Crippen LogP contribution in [-0.2, 0) is 13.2 Å². The summed E-state index contributed by atoms with van der Waals surface area (Å²) in [7, 11) is 0. The molecule has 0 spiro atoms. The van der Waals surface area contributed by atoms with E-state index in [1.807, 2.05) is 25.1 Å². The highest BCUT2D eigenvalue weighted by Gasteiger charge is 2.52. The average Bonchev–Trinajstić information content (AvgIpc) is 2.77. The third-order valence-corrected chi connectivity index (χ3v) is 8.80. The molecule has 4 aliphatic rings. The molecule has 6 rings (SSSR count). The van der Waals surface area contributed by atoms with Crippen LogP contribution in [0.15, 0.2) is 46.9 Å². The van der Waals surface area contributed by atoms with Crippen molar-refractivity contribution in [2.75, 3.05) is 6.61 Å². The quantitative estimate of drug-likeness (QED) is 0.399. The van der Waals surface area contributed by atoms with Crippen molar-refractivity contribution < 1.29 is 9.47 Å². The molecule has 4 saturated carbocycles. The van der Waals surface area contributed by atoms with Gasteiger partial charge in [-0.25, -0.2) is 0 Å². The van der Waals surface area contributed by atoms with Gasteiger partial charge in [0.05, 0.1) is 11.1 Å². The molecule has 0 saturated heterocycles. The highest BCUT2D eigenvalue weighted by Crippen LogP contribution is 2.61. The van der Waals surface area contributed by atoms with Crippen molar-refractivity contribution in [3.05, 3.63) is 58.1 Å². The highest BCUT2D eigenvalue weighted by atomic mass is 79.9. The summed E-state index contributed by atoms with van der Waals surface area (Å²) >= 11 is 3.75. The Morgan fingerprint density at radius 2 is 1.62 bits per heavy atom. The second kappa shape index (κ2) is 9.38. The van der Waals surface area contributed by atoms with Crippen LogP contribution in [0.1, 0.15) is 63.5 Å². The van der Waals surface area contributed by atoms with E-state index < -0.39 is 0 Å². The van der Waals surface area contributed by atoms with Crippen LogP contribution in [-0.4, -0.2) is 12.6 Å². The molecular formula is C28H36BrNO2. The average molecular weight is 499 g/mol. The van der Waals surface area contributed by atoms with Crippen molar-refractivity contribution in [1.29, 1.82) is 0 Å². The fourth-order valence-corrected chi connectivity index (χ4v) is 7.66. The highest BCUT2D eigenvalue weighted by molar-refractivity contribution is 9.10. The van der Waals surface area contributed by atoms with Crippen molar-refractivity contribution in [2.45, 2.75) is 71.6 Å². The van der Waals surface area contributed by atoms with Gasteiger partial charge in [-0.15, -0.1) is 0 Å². The third kappa shape index (κ3) is 4.59. The lowest BCUT2D eigenvalue weighted by atomic mass is 9.48. The number of rotatable bonds is 9. The third-order valence-electron chi connectivity index (χ3n) is 8.21. The second-order valence-corrected chi connectivity index (χ2v) is 11.3. The molecule has 4 bridgehead atoms. The van der Waals surface area contributed by atoms with Gasteiger partial charge >= 0.3 is 0 Å². The zero-order valence-corrected chi connectivity index (χ0v) is 21.0. The predicted octanol–water partition coefficient (Wildman–Crippen LogP) is 7.12. The van der Waals surface area contributed by atoms with Gasteiger partial charge in [0.1, 0.15) is 6.61 Å². The van der Waals surface area contributed by atoms with Crippen molar-refractivity contribution in [3.63, 3.8) is 0 Å². The van der Waals surface area contributed by atoms with E-state index in [1.165, 1.54) is 44.1 Å². The Hall–Kier alpha value is -1.52. The zero-order valence-electron chi connectivity index (χ0n) is 19.4. The molecule has 0 aliphatic heterocycles. The molecule has 1 N–H and O–H groups in total. The van der Waals surface area contributed by atoms with E-state index in [0.29, 0.717) is 24.7 Å². The number of ether oxygens (including phenoxy) is 2. The zero-order chi connectivity index (χ0) is 22.1. The number of hydrogen-bond donors (Lipinski definition) is 1. The fourth-order valence-electron chi connectivity index (χ4n) is 7.05. The fraction of sp³-hybridized carbons (Fsp3) is 0.571. The molecule has 3 nitrogen and oxygen atoms in total. The van der Waals surface area contributed by atoms with Crippen LogP contribution in [0.25, 0.3) is 0 Å². The minimum atomic E-state index is 0.521. The van der Waals surface area contributed by atoms with E-state index in [1.54, 1.807) is 0 Å². The second-order valence-electron chi connectivity index (χ2n) is 10.5. The molecule has 0 amide bonds. The van der Waals surface area contributed by atoms with Crippen LogP contribution in [0, 0.1) is 23.2 Å². The van der Waals surface area contributed by atoms with Crippen LogP contribution in [0.4, 0.5) is 0 Å². The molecule has 4 fully saturated rings. The first-order valence-corrected chi connectivity index (χ1v) is 13.2. The monoisotopic (exact) mass is 497 g/mol. The van der Waals surface area contributed by atoms with Crippen molar-refractivity contribution in [3.8, 4) is 11.5 Å². The molecule has 2 aromatic carbocycles. The Kier molecular flexibility index (Phi) is 6.53. The van der Waals surface area contributed by atoms with Crippen molar-refractivity contribution in [1.82, 2.24) is 5.32 Å². The molecule has 32 heavy (non-hydrogen) atoms. The largest absolute Gasteiger partial charge is 0.490 e. The number of hydrogen-bond acceptors (Lipinski definition) is 3. The Labute approximate surface area is 201 Å². The Morgan fingerprint density at radius 3 is 2.25 bits per heavy atom. The summed E-state index contributed by atoms with van der Waals surface area (Å²) in [6, 6.07) is 15.2. The van der Waals surface area contributed by atoms with Crippen molar-refractivity contribution >= 4 is 15.9 Å². The maximum atomic E-state index is 6.16. The predicted molar refractivity (Wildman–Crippen MR) is 133 cm³/mol. The van der Waals surface area contributed by atoms with Gasteiger partial charge in [0.25, 0.3) is 0 Å². The molecule has 1 unspecified atom stereocenters. The van der Waals surface area contributed by atoms with Gasteiger partial charge in [0, 0.05) is 12.6 Å². The van der Waals surface area contributed by atoms with E-state index in [2.05, 4.69) is 52.4 Å². The summed E-state index contributed by atoms with van der Waals surface area (Å²) in [5, 5.41) is 3.91. The van der Waals surface area contributed by atoms with Gasteiger partial charge in [-0.05, 0) is 115 Å². The molecule has 172 valence electrons. The Morgan fingerprint density at radius 1 is 0.969 bits per heavy atom. The molecule has 1 atom stereocenters. The number of nitrogens with one attached hydrogen (secondary N) is 1. The molecule has 0 heterocycles. The molecule has 2 aromatic rings. The van der Waals surface area contributed by atoms with E-state index >= 15 is 0 Å². The standard InChI is InChI=1S/C28H36BrNO2/c1-3-31-26-13-24(12-25(29)27(26)32-18-20-7-5-4-6-8-20)17-30-19(2)28-14-21-9-22(15-28)11-23(10-21)16-28/h4-8,12-13,19,21-23,30H,3,9-11,14-18H2,1-2H3. The topological polar surface area (TPSA) is 30.5 Å². The molecule has 4 aliphatic carbocycles. The van der Waals surface area contributed by atoms with Crippen LogP contribution in [0.2, 0.25) is 0 Å². The van der Waals surface area contributed by atoms with E-state index in [4.69, 9.17) is 9.47 Å². The normalized spacial score (nSPS) is 29.2. The minimum Gasteiger partial charge on any atom is -0.490 e. The van der Waals surface area contributed by atoms with Crippen LogP contribution in [0.3, 0.4) is 0 Å². The first kappa shape index (κ1) is 22.3. The van der Waals surface area contributed by atoms with Gasteiger partial charge in [0.15, 0.2) is 11.5 Å². The van der Waals surface area contributed by atoms with Gasteiger partial charge in [0.2, 0.25) is 0 Å². The van der Waals surface area contributed by atoms with Gasteiger partial charge in [-0.2, -0.15) is 0 Å². The smallest absolute Gasteiger partial charge is 0.175 e. The summed E-state index contributed by atoms with van der Waals surface area (Å²) in [6.45, 7) is 6.47. The SMILES string of the molecule is CCOc1cc(CNC(C)C23CC4CC(CC(C4)C2)C3)cc(Br)c1OCc1ccccc1. The molecule has 0 aromatic heterocycles. The van der Waals surface area contributed by atoms with Gasteiger partial charge in [-0.1, -0.05) is 30.3 Å². The minimum absolute atomic E-state index is 0.521. The van der Waals surface area contributed by atoms with E-state index in [0.717, 1.165) is 45.8 Å². The van der Waals surface area contributed by atoms with Gasteiger partial charge < -0.3 is 14.8 Å². The summed E-state index contributed by atoms with van der Waals surface area (Å²) in [5.41, 5.74) is 2.91. The molecule has 0 radical (unpaired) electrons. The van der Waals surface area contributed by atoms with Crippen molar-refractivity contribution in [2.24, 2.45) is 23.2 Å². The number of halogens is 1. The number of benzene rings is 2. The summed E-state index contributed by atoms with van der Waals surface area (Å²) in [6.07, 6.45) is 8.82. The Balaban J connectivity index is 1.26. The first-order chi connectivity index (χ1) is 15.5. The van der Waals surface area contributed by atoms with E-state index in [9.17, 15) is 0 Å². The van der Waals surface area contributed by atoms with Gasteiger partial charge in [-0.3, -0.25) is 0 Å². The lowest BCUT2D eigenvalue weighted by Gasteiger charge is -2.59. The van der Waals surface area contributed by atoms with Crippen LogP contribution >= 0.6 is 15.9 Å². The lowest BCUT2D eigenvalue weighted by molar-refractivity contribution is -0.0706. The molecule has 4 heteroatoms. The lowest BCUT2D eigenvalue weighted by Crippen LogP contribution is -2.54. The van der Waals surface area contributed by atoms with Crippen LogP contribution in [0.5, 0.6) is 11.5 Å². The molecular weight excluding hydrogens is 462 g/mol. The van der Waals surface area contributed by atoms with E-state index in [-0.39, 0.29) is 0 Å². The maximum absolute atomic E-state index is 6.16. The maximum Gasteiger partial charge on any atom is 0.175 e. The summed E-state index contributed by atoms with van der Waals surface area (Å²) in [4.78, 5) is 0. The summed E-state index contributed by atoms with van der Waals surface area (Å²) < 4.78 is 13.1.